The topological polar surface area (TPSA) is 60.2 Å². The van der Waals surface area contributed by atoms with E-state index in [1.165, 1.54) is 0 Å². The molecule has 0 saturated carbocycles. The third-order valence-electron chi connectivity index (χ3n) is 3.27. The van der Waals surface area contributed by atoms with Crippen LogP contribution in [0.5, 0.6) is 5.75 Å². The average molecular weight is 269 g/mol. The highest BCUT2D eigenvalue weighted by molar-refractivity contribution is 5.74. The van der Waals surface area contributed by atoms with Crippen LogP contribution in [0.4, 0.5) is 0 Å². The summed E-state index contributed by atoms with van der Waals surface area (Å²) < 4.78 is 7.11. The van der Waals surface area contributed by atoms with E-state index in [0.717, 1.165) is 28.0 Å². The molecule has 2 aromatic heterocycles. The lowest BCUT2D eigenvalue weighted by molar-refractivity contribution is 0.283. The van der Waals surface area contributed by atoms with Crippen molar-refractivity contribution in [2.75, 3.05) is 7.11 Å². The molecule has 0 aliphatic carbocycles. The van der Waals surface area contributed by atoms with Crippen LogP contribution in [0.1, 0.15) is 11.1 Å². The molecule has 0 radical (unpaired) electrons. The van der Waals surface area contributed by atoms with Crippen LogP contribution < -0.4 is 4.74 Å². The fourth-order valence-electron chi connectivity index (χ4n) is 2.19. The molecule has 2 heterocycles. The number of rotatable bonds is 4. The Morgan fingerprint density at radius 2 is 1.95 bits per heavy atom. The van der Waals surface area contributed by atoms with Crippen LogP contribution in [0.15, 0.2) is 42.9 Å². The van der Waals surface area contributed by atoms with Gasteiger partial charge >= 0.3 is 0 Å². The minimum Gasteiger partial charge on any atom is -0.497 e. The lowest BCUT2D eigenvalue weighted by atomic mass is 10.2. The first-order valence-corrected chi connectivity index (χ1v) is 6.34. The maximum absolute atomic E-state index is 9.30. The minimum absolute atomic E-state index is 0.0292. The van der Waals surface area contributed by atoms with Gasteiger partial charge in [-0.1, -0.05) is 12.1 Å². The largest absolute Gasteiger partial charge is 0.497 e. The molecule has 0 unspecified atom stereocenters. The summed E-state index contributed by atoms with van der Waals surface area (Å²) >= 11 is 0. The number of benzene rings is 1. The lowest BCUT2D eigenvalue weighted by Gasteiger charge is -2.05. The second-order valence-corrected chi connectivity index (χ2v) is 4.52. The van der Waals surface area contributed by atoms with E-state index in [2.05, 4.69) is 9.97 Å². The molecular formula is C15H15N3O2. The van der Waals surface area contributed by atoms with Crippen LogP contribution in [-0.2, 0) is 13.2 Å². The zero-order valence-corrected chi connectivity index (χ0v) is 11.2. The van der Waals surface area contributed by atoms with E-state index in [9.17, 15) is 5.11 Å². The minimum atomic E-state index is -0.0292. The molecule has 3 aromatic rings. The van der Waals surface area contributed by atoms with Gasteiger partial charge in [-0.25, -0.2) is 9.97 Å². The van der Waals surface area contributed by atoms with E-state index in [-0.39, 0.29) is 6.61 Å². The maximum Gasteiger partial charge on any atom is 0.160 e. The van der Waals surface area contributed by atoms with Gasteiger partial charge in [0.1, 0.15) is 11.3 Å². The van der Waals surface area contributed by atoms with Gasteiger partial charge in [0.15, 0.2) is 5.65 Å². The van der Waals surface area contributed by atoms with Gasteiger partial charge in [-0.2, -0.15) is 0 Å². The van der Waals surface area contributed by atoms with E-state index >= 15 is 0 Å². The van der Waals surface area contributed by atoms with E-state index in [0.29, 0.717) is 6.54 Å². The van der Waals surface area contributed by atoms with Crippen molar-refractivity contribution in [3.63, 3.8) is 0 Å². The number of hydrogen-bond donors (Lipinski definition) is 1. The van der Waals surface area contributed by atoms with Crippen LogP contribution in [0.2, 0.25) is 0 Å². The van der Waals surface area contributed by atoms with E-state index in [1.807, 2.05) is 28.8 Å². The Kier molecular flexibility index (Phi) is 3.35. The van der Waals surface area contributed by atoms with Crippen molar-refractivity contribution in [2.24, 2.45) is 0 Å². The summed E-state index contributed by atoms with van der Waals surface area (Å²) in [6, 6.07) is 9.68. The van der Waals surface area contributed by atoms with Crippen molar-refractivity contribution in [3.8, 4) is 5.75 Å². The number of ether oxygens (including phenoxy) is 1. The normalized spacial score (nSPS) is 10.9. The third-order valence-corrected chi connectivity index (χ3v) is 3.27. The molecule has 0 aliphatic rings. The Morgan fingerprint density at radius 3 is 2.65 bits per heavy atom. The highest BCUT2D eigenvalue weighted by atomic mass is 16.5. The first kappa shape index (κ1) is 12.6. The molecule has 1 N–H and O–H groups in total. The zero-order valence-electron chi connectivity index (χ0n) is 11.2. The SMILES string of the molecule is COc1ccc(Cn2cnc3c(CO)ccnc32)cc1. The second-order valence-electron chi connectivity index (χ2n) is 4.52. The van der Waals surface area contributed by atoms with Gasteiger partial charge in [-0.15, -0.1) is 0 Å². The molecule has 0 spiro atoms. The van der Waals surface area contributed by atoms with Gasteiger partial charge in [0.25, 0.3) is 0 Å². The Labute approximate surface area is 116 Å². The van der Waals surface area contributed by atoms with Crippen molar-refractivity contribution in [2.45, 2.75) is 13.2 Å². The summed E-state index contributed by atoms with van der Waals surface area (Å²) in [5.74, 6) is 0.838. The van der Waals surface area contributed by atoms with Gasteiger partial charge < -0.3 is 14.4 Å². The summed E-state index contributed by atoms with van der Waals surface area (Å²) in [5.41, 5.74) is 3.47. The third kappa shape index (κ3) is 2.23. The fraction of sp³-hybridized carbons (Fsp3) is 0.200. The Balaban J connectivity index is 1.94. The number of pyridine rings is 1. The molecule has 0 saturated heterocycles. The molecular weight excluding hydrogens is 254 g/mol. The highest BCUT2D eigenvalue weighted by Crippen LogP contribution is 2.17. The van der Waals surface area contributed by atoms with Gasteiger partial charge in [-0.3, -0.25) is 0 Å². The van der Waals surface area contributed by atoms with E-state index < -0.39 is 0 Å². The van der Waals surface area contributed by atoms with Crippen molar-refractivity contribution >= 4 is 11.2 Å². The van der Waals surface area contributed by atoms with Crippen molar-refractivity contribution < 1.29 is 9.84 Å². The number of aliphatic hydroxyl groups is 1. The predicted octanol–water partition coefficient (Wildman–Crippen LogP) is 1.98. The molecule has 1 aromatic carbocycles. The van der Waals surface area contributed by atoms with E-state index in [4.69, 9.17) is 4.74 Å². The number of nitrogens with zero attached hydrogens (tertiary/aromatic N) is 3. The number of hydrogen-bond acceptors (Lipinski definition) is 4. The molecule has 0 fully saturated rings. The second kappa shape index (κ2) is 5.30. The maximum atomic E-state index is 9.30. The van der Waals surface area contributed by atoms with Gasteiger partial charge in [0.2, 0.25) is 0 Å². The van der Waals surface area contributed by atoms with Gasteiger partial charge in [0.05, 0.1) is 26.6 Å². The highest BCUT2D eigenvalue weighted by Gasteiger charge is 2.08. The van der Waals surface area contributed by atoms with Crippen LogP contribution in [0.3, 0.4) is 0 Å². The van der Waals surface area contributed by atoms with Crippen molar-refractivity contribution in [1.29, 1.82) is 0 Å². The standard InChI is InChI=1S/C15H15N3O2/c1-20-13-4-2-11(3-5-13)8-18-10-17-14-12(9-19)6-7-16-15(14)18/h2-7,10,19H,8-9H2,1H3. The molecule has 5 heteroatoms. The quantitative estimate of drug-likeness (QED) is 0.786. The molecule has 20 heavy (non-hydrogen) atoms. The summed E-state index contributed by atoms with van der Waals surface area (Å²) in [5, 5.41) is 9.30. The van der Waals surface area contributed by atoms with Crippen LogP contribution >= 0.6 is 0 Å². The van der Waals surface area contributed by atoms with Crippen molar-refractivity contribution in [1.82, 2.24) is 14.5 Å². The molecule has 3 rings (SSSR count). The molecule has 0 amide bonds. The van der Waals surface area contributed by atoms with Crippen LogP contribution in [0, 0.1) is 0 Å². The zero-order chi connectivity index (χ0) is 13.9. The Morgan fingerprint density at radius 1 is 1.15 bits per heavy atom. The van der Waals surface area contributed by atoms with E-state index in [1.54, 1.807) is 25.7 Å². The predicted molar refractivity (Wildman–Crippen MR) is 75.5 cm³/mol. The number of fused-ring (bicyclic) bond motifs is 1. The van der Waals surface area contributed by atoms with Crippen LogP contribution in [0.25, 0.3) is 11.2 Å². The average Bonchev–Trinajstić information content (AvgIpc) is 2.91. The lowest BCUT2D eigenvalue weighted by Crippen LogP contribution is -1.99. The fourth-order valence-corrected chi connectivity index (χ4v) is 2.19. The molecule has 0 atom stereocenters. The smallest absolute Gasteiger partial charge is 0.160 e. The number of imidazole rings is 1. The Hall–Kier alpha value is -2.40. The van der Waals surface area contributed by atoms with Gasteiger partial charge in [0, 0.05) is 11.8 Å². The number of aromatic nitrogens is 3. The summed E-state index contributed by atoms with van der Waals surface area (Å²) in [6.07, 6.45) is 3.45. The first-order valence-electron chi connectivity index (χ1n) is 6.34. The number of methoxy groups -OCH3 is 1. The summed E-state index contributed by atoms with van der Waals surface area (Å²) in [7, 11) is 1.65. The van der Waals surface area contributed by atoms with Crippen molar-refractivity contribution in [3.05, 3.63) is 54.0 Å². The molecule has 0 bridgehead atoms. The summed E-state index contributed by atoms with van der Waals surface area (Å²) in [4.78, 5) is 8.68. The number of aliphatic hydroxyl groups excluding tert-OH is 1. The molecule has 5 nitrogen and oxygen atoms in total. The molecule has 0 aliphatic heterocycles. The monoisotopic (exact) mass is 269 g/mol. The molecule has 102 valence electrons. The first-order chi connectivity index (χ1) is 9.81. The van der Waals surface area contributed by atoms with Gasteiger partial charge in [-0.05, 0) is 23.8 Å². The summed E-state index contributed by atoms with van der Waals surface area (Å²) in [6.45, 7) is 0.654. The Bertz CT molecular complexity index is 720. The van der Waals surface area contributed by atoms with Crippen LogP contribution in [-0.4, -0.2) is 26.8 Å².